The van der Waals surface area contributed by atoms with E-state index >= 15 is 0 Å². The third kappa shape index (κ3) is 4.68. The maximum Gasteiger partial charge on any atom is 0.234 e. The number of carbonyl (C=O) groups excluding carboxylic acids is 1. The topological polar surface area (TPSA) is 44.4 Å². The van der Waals surface area contributed by atoms with Crippen molar-refractivity contribution in [1.29, 1.82) is 0 Å². The molecule has 2 aliphatic rings. The summed E-state index contributed by atoms with van der Waals surface area (Å²) in [6.07, 6.45) is 2.59. The molecule has 2 N–H and O–H groups in total. The molecule has 1 aliphatic heterocycles. The van der Waals surface area contributed by atoms with E-state index in [2.05, 4.69) is 22.5 Å². The smallest absolute Gasteiger partial charge is 0.234 e. The minimum Gasteiger partial charge on any atom is -0.355 e. The van der Waals surface area contributed by atoms with Crippen molar-refractivity contribution in [2.45, 2.75) is 25.8 Å². The lowest BCUT2D eigenvalue weighted by Gasteiger charge is -2.31. The molecular weight excluding hydrogens is 226 g/mol. The van der Waals surface area contributed by atoms with Gasteiger partial charge in [-0.15, -0.1) is 12.4 Å². The molecule has 5 heteroatoms. The molecule has 0 radical (unpaired) electrons. The summed E-state index contributed by atoms with van der Waals surface area (Å²) >= 11 is 0. The maximum atomic E-state index is 11.6. The first-order valence-electron chi connectivity index (χ1n) is 5.96. The summed E-state index contributed by atoms with van der Waals surface area (Å²) in [6.45, 7) is 6.59. The molecule has 4 nitrogen and oxygen atoms in total. The van der Waals surface area contributed by atoms with E-state index in [0.717, 1.165) is 32.1 Å². The van der Waals surface area contributed by atoms with Crippen LogP contribution in [0, 0.1) is 5.92 Å². The van der Waals surface area contributed by atoms with Crippen molar-refractivity contribution in [3.8, 4) is 0 Å². The van der Waals surface area contributed by atoms with Gasteiger partial charge in [0.2, 0.25) is 5.91 Å². The van der Waals surface area contributed by atoms with Crippen LogP contribution in [0.15, 0.2) is 0 Å². The van der Waals surface area contributed by atoms with Gasteiger partial charge in [-0.05, 0) is 25.7 Å². The molecule has 1 aliphatic carbocycles. The van der Waals surface area contributed by atoms with Crippen LogP contribution in [0.3, 0.4) is 0 Å². The number of rotatable bonds is 4. The van der Waals surface area contributed by atoms with E-state index in [9.17, 15) is 4.79 Å². The van der Waals surface area contributed by atoms with Gasteiger partial charge in [0.15, 0.2) is 0 Å². The molecule has 1 atom stereocenters. The second-order valence-corrected chi connectivity index (χ2v) is 4.84. The van der Waals surface area contributed by atoms with Crippen LogP contribution in [0.5, 0.6) is 0 Å². The van der Waals surface area contributed by atoms with Gasteiger partial charge in [0, 0.05) is 32.2 Å². The fraction of sp³-hybridized carbons (Fsp3) is 0.909. The van der Waals surface area contributed by atoms with Gasteiger partial charge in [-0.1, -0.05) is 0 Å². The summed E-state index contributed by atoms with van der Waals surface area (Å²) in [5.74, 6) is 0.965. The molecule has 0 bridgehead atoms. The highest BCUT2D eigenvalue weighted by Gasteiger charge is 2.22. The molecule has 94 valence electrons. The van der Waals surface area contributed by atoms with E-state index in [1.54, 1.807) is 0 Å². The quantitative estimate of drug-likeness (QED) is 0.748. The summed E-state index contributed by atoms with van der Waals surface area (Å²) in [5, 5.41) is 6.38. The number of carbonyl (C=O) groups is 1. The van der Waals surface area contributed by atoms with Crippen LogP contribution in [0.25, 0.3) is 0 Å². The van der Waals surface area contributed by atoms with E-state index in [0.29, 0.717) is 12.6 Å². The third-order valence-corrected chi connectivity index (χ3v) is 3.10. The highest BCUT2D eigenvalue weighted by atomic mass is 35.5. The number of hydrogen-bond acceptors (Lipinski definition) is 3. The van der Waals surface area contributed by atoms with Gasteiger partial charge in [-0.25, -0.2) is 0 Å². The Kier molecular flexibility index (Phi) is 5.52. The van der Waals surface area contributed by atoms with Crippen molar-refractivity contribution in [2.75, 3.05) is 32.7 Å². The van der Waals surface area contributed by atoms with Crippen LogP contribution in [0.4, 0.5) is 0 Å². The summed E-state index contributed by atoms with van der Waals surface area (Å²) in [5.41, 5.74) is 0. The first-order valence-corrected chi connectivity index (χ1v) is 5.96. The third-order valence-electron chi connectivity index (χ3n) is 3.10. The SMILES string of the molecule is CC1CN(CC(=O)NCC2CC2)CCN1.Cl. The first kappa shape index (κ1) is 13.7. The second-order valence-electron chi connectivity index (χ2n) is 4.84. The maximum absolute atomic E-state index is 11.6. The van der Waals surface area contributed by atoms with E-state index in [1.807, 2.05) is 0 Å². The van der Waals surface area contributed by atoms with Crippen molar-refractivity contribution in [1.82, 2.24) is 15.5 Å². The predicted octanol–water partition coefficient (Wildman–Crippen LogP) is 0.228. The van der Waals surface area contributed by atoms with E-state index in [4.69, 9.17) is 0 Å². The first-order chi connectivity index (χ1) is 7.24. The van der Waals surface area contributed by atoms with Crippen LogP contribution in [-0.2, 0) is 4.79 Å². The minimum atomic E-state index is 0. The number of amides is 1. The molecule has 1 unspecified atom stereocenters. The standard InChI is InChI=1S/C11H21N3O.ClH/c1-9-7-14(5-4-12-9)8-11(15)13-6-10-2-3-10;/h9-10,12H,2-8H2,1H3,(H,13,15);1H. The van der Waals surface area contributed by atoms with Gasteiger partial charge in [-0.2, -0.15) is 0 Å². The highest BCUT2D eigenvalue weighted by molar-refractivity contribution is 5.85. The normalized spacial score (nSPS) is 25.9. The van der Waals surface area contributed by atoms with Gasteiger partial charge >= 0.3 is 0 Å². The van der Waals surface area contributed by atoms with Crippen molar-refractivity contribution in [3.05, 3.63) is 0 Å². The average molecular weight is 248 g/mol. The van der Waals surface area contributed by atoms with Crippen molar-refractivity contribution in [3.63, 3.8) is 0 Å². The number of nitrogens with zero attached hydrogens (tertiary/aromatic N) is 1. The summed E-state index contributed by atoms with van der Waals surface area (Å²) in [6, 6.07) is 0.509. The number of hydrogen-bond donors (Lipinski definition) is 2. The Morgan fingerprint density at radius 1 is 1.50 bits per heavy atom. The fourth-order valence-electron chi connectivity index (χ4n) is 1.99. The zero-order valence-electron chi connectivity index (χ0n) is 9.87. The van der Waals surface area contributed by atoms with Gasteiger partial charge in [0.1, 0.15) is 0 Å². The fourth-order valence-corrected chi connectivity index (χ4v) is 1.99. The summed E-state index contributed by atoms with van der Waals surface area (Å²) in [7, 11) is 0. The largest absolute Gasteiger partial charge is 0.355 e. The Balaban J connectivity index is 0.00000128. The van der Waals surface area contributed by atoms with Gasteiger partial charge < -0.3 is 10.6 Å². The van der Waals surface area contributed by atoms with Crippen LogP contribution in [-0.4, -0.2) is 49.6 Å². The highest BCUT2D eigenvalue weighted by Crippen LogP contribution is 2.27. The Hall–Kier alpha value is -0.320. The molecule has 1 heterocycles. The van der Waals surface area contributed by atoms with Crippen molar-refractivity contribution in [2.24, 2.45) is 5.92 Å². The molecular formula is C11H22ClN3O. The average Bonchev–Trinajstić information content (AvgIpc) is 2.98. The molecule has 1 saturated heterocycles. The summed E-state index contributed by atoms with van der Waals surface area (Å²) in [4.78, 5) is 13.8. The lowest BCUT2D eigenvalue weighted by molar-refractivity contribution is -0.122. The Bertz CT molecular complexity index is 233. The zero-order chi connectivity index (χ0) is 10.7. The molecule has 2 rings (SSSR count). The Labute approximate surface area is 104 Å². The molecule has 0 aromatic carbocycles. The van der Waals surface area contributed by atoms with Crippen LogP contribution < -0.4 is 10.6 Å². The summed E-state index contributed by atoms with van der Waals surface area (Å²) < 4.78 is 0. The molecule has 2 fully saturated rings. The second kappa shape index (κ2) is 6.42. The molecule has 1 amide bonds. The van der Waals surface area contributed by atoms with Crippen LogP contribution >= 0.6 is 12.4 Å². The van der Waals surface area contributed by atoms with Gasteiger partial charge in [-0.3, -0.25) is 9.69 Å². The van der Waals surface area contributed by atoms with E-state index in [-0.39, 0.29) is 18.3 Å². The van der Waals surface area contributed by atoms with E-state index in [1.165, 1.54) is 12.8 Å². The number of nitrogens with one attached hydrogen (secondary N) is 2. The minimum absolute atomic E-state index is 0. The number of halogens is 1. The van der Waals surface area contributed by atoms with Crippen LogP contribution in [0.2, 0.25) is 0 Å². The lowest BCUT2D eigenvalue weighted by Crippen LogP contribution is -2.51. The van der Waals surface area contributed by atoms with Gasteiger partial charge in [0.05, 0.1) is 6.54 Å². The molecule has 1 saturated carbocycles. The van der Waals surface area contributed by atoms with Crippen LogP contribution in [0.1, 0.15) is 19.8 Å². The molecule has 0 aromatic rings. The Morgan fingerprint density at radius 3 is 2.88 bits per heavy atom. The predicted molar refractivity (Wildman–Crippen MR) is 66.9 cm³/mol. The van der Waals surface area contributed by atoms with Gasteiger partial charge in [0.25, 0.3) is 0 Å². The lowest BCUT2D eigenvalue weighted by atomic mass is 10.2. The molecule has 16 heavy (non-hydrogen) atoms. The Morgan fingerprint density at radius 2 is 2.25 bits per heavy atom. The van der Waals surface area contributed by atoms with E-state index < -0.39 is 0 Å². The molecule has 0 spiro atoms. The van der Waals surface area contributed by atoms with Crippen molar-refractivity contribution < 1.29 is 4.79 Å². The van der Waals surface area contributed by atoms with Crippen molar-refractivity contribution >= 4 is 18.3 Å². The number of piperazine rings is 1. The molecule has 0 aromatic heterocycles. The zero-order valence-corrected chi connectivity index (χ0v) is 10.7. The monoisotopic (exact) mass is 247 g/mol.